The van der Waals surface area contributed by atoms with Crippen LogP contribution in [0.1, 0.15) is 39.1 Å². The first-order valence-electron chi connectivity index (χ1n) is 8.40. The number of H-pyrrole nitrogens is 1. The first kappa shape index (κ1) is 17.9. The number of nitrogens with zero attached hydrogens (tertiary/aromatic N) is 1. The third-order valence-electron chi connectivity index (χ3n) is 4.99. The van der Waals surface area contributed by atoms with Crippen molar-refractivity contribution in [3.63, 3.8) is 0 Å². The van der Waals surface area contributed by atoms with Crippen LogP contribution in [0.4, 0.5) is 0 Å². The minimum Gasteiger partial charge on any atom is -0.400 e. The Kier molecular flexibility index (Phi) is 4.35. The Morgan fingerprint density at radius 3 is 2.52 bits per heavy atom. The van der Waals surface area contributed by atoms with Crippen LogP contribution in [-0.4, -0.2) is 34.8 Å². The molecule has 1 fully saturated rings. The van der Waals surface area contributed by atoms with Gasteiger partial charge in [-0.15, -0.1) is 0 Å². The second-order valence-corrected chi connectivity index (χ2v) is 7.44. The molecule has 7 heteroatoms. The van der Waals surface area contributed by atoms with E-state index in [-0.39, 0.29) is 5.56 Å². The average Bonchev–Trinajstić information content (AvgIpc) is 2.73. The maximum atomic E-state index is 12.1. The third kappa shape index (κ3) is 3.27. The molecule has 6 nitrogen and oxygen atoms in total. The lowest BCUT2D eigenvalue weighted by molar-refractivity contribution is 0.00578. The zero-order valence-corrected chi connectivity index (χ0v) is 15.3. The molecule has 1 aliphatic rings. The number of nitrogens with two attached hydrogens (primary N) is 1. The van der Waals surface area contributed by atoms with Crippen LogP contribution >= 0.6 is 0 Å². The molecular weight excluding hydrogens is 317 g/mol. The summed E-state index contributed by atoms with van der Waals surface area (Å²) in [6.07, 6.45) is 1.92. The van der Waals surface area contributed by atoms with E-state index in [0.29, 0.717) is 23.3 Å². The van der Waals surface area contributed by atoms with Crippen molar-refractivity contribution < 1.29 is 9.31 Å². The van der Waals surface area contributed by atoms with E-state index in [1.807, 2.05) is 52.0 Å². The largest absolute Gasteiger partial charge is 0.491 e. The van der Waals surface area contributed by atoms with E-state index in [2.05, 4.69) is 9.97 Å². The first-order chi connectivity index (χ1) is 11.6. The van der Waals surface area contributed by atoms with Crippen LogP contribution in [-0.2, 0) is 9.31 Å². The standard InChI is InChI=1S/C18H24BN3O3/c1-11-21-15-7-6-12(9-14(15)16(23)22-11)8-13(10-20)19-24-17(2,3)18(4,5)25-19/h6-9H,10,20H2,1-5H3,(H,21,22,23). The number of fused-ring (bicyclic) bond motifs is 1. The molecule has 132 valence electrons. The van der Waals surface area contributed by atoms with E-state index < -0.39 is 18.3 Å². The van der Waals surface area contributed by atoms with Crippen molar-refractivity contribution >= 4 is 24.1 Å². The molecule has 0 atom stereocenters. The predicted octanol–water partition coefficient (Wildman–Crippen LogP) is 2.21. The molecule has 3 N–H and O–H groups in total. The molecule has 0 saturated carbocycles. The van der Waals surface area contributed by atoms with E-state index in [4.69, 9.17) is 15.0 Å². The number of rotatable bonds is 3. The predicted molar refractivity (Wildman–Crippen MR) is 100 cm³/mol. The minimum atomic E-state index is -0.500. The molecule has 25 heavy (non-hydrogen) atoms. The monoisotopic (exact) mass is 341 g/mol. The zero-order chi connectivity index (χ0) is 18.4. The minimum absolute atomic E-state index is 0.150. The average molecular weight is 341 g/mol. The maximum Gasteiger partial charge on any atom is 0.491 e. The lowest BCUT2D eigenvalue weighted by Crippen LogP contribution is -2.41. The molecule has 0 spiro atoms. The highest BCUT2D eigenvalue weighted by Crippen LogP contribution is 2.38. The van der Waals surface area contributed by atoms with Gasteiger partial charge in [-0.25, -0.2) is 4.98 Å². The fourth-order valence-corrected chi connectivity index (χ4v) is 2.79. The fourth-order valence-electron chi connectivity index (χ4n) is 2.79. The third-order valence-corrected chi connectivity index (χ3v) is 4.99. The fraction of sp³-hybridized carbons (Fsp3) is 0.444. The van der Waals surface area contributed by atoms with Crippen molar-refractivity contribution in [2.75, 3.05) is 6.54 Å². The SMILES string of the molecule is Cc1nc2ccc(C=C(CN)B3OC(C)(C)C(C)(C)O3)cc2c(=O)[nH]1. The summed E-state index contributed by atoms with van der Waals surface area (Å²) in [5.41, 5.74) is 7.29. The van der Waals surface area contributed by atoms with Gasteiger partial charge in [0.2, 0.25) is 0 Å². The summed E-state index contributed by atoms with van der Waals surface area (Å²) in [6.45, 7) is 10.1. The van der Waals surface area contributed by atoms with Crippen LogP contribution in [0.25, 0.3) is 17.0 Å². The lowest BCUT2D eigenvalue weighted by atomic mass is 9.77. The summed E-state index contributed by atoms with van der Waals surface area (Å²) in [6, 6.07) is 5.55. The van der Waals surface area contributed by atoms with E-state index in [9.17, 15) is 4.79 Å². The topological polar surface area (TPSA) is 90.2 Å². The van der Waals surface area contributed by atoms with Gasteiger partial charge in [0.25, 0.3) is 5.56 Å². The van der Waals surface area contributed by atoms with Crippen LogP contribution in [0.3, 0.4) is 0 Å². The smallest absolute Gasteiger partial charge is 0.400 e. The van der Waals surface area contributed by atoms with Crippen LogP contribution in [0.15, 0.2) is 28.5 Å². The van der Waals surface area contributed by atoms with Gasteiger partial charge in [0, 0.05) is 6.54 Å². The highest BCUT2D eigenvalue weighted by molar-refractivity contribution is 6.55. The molecule has 2 aromatic rings. The first-order valence-corrected chi connectivity index (χ1v) is 8.40. The van der Waals surface area contributed by atoms with Crippen molar-refractivity contribution in [2.45, 2.75) is 45.8 Å². The molecule has 0 bridgehead atoms. The molecule has 2 heterocycles. The molecule has 3 rings (SSSR count). The van der Waals surface area contributed by atoms with Gasteiger partial charge in [-0.1, -0.05) is 12.1 Å². The van der Waals surface area contributed by atoms with E-state index in [1.165, 1.54) is 0 Å². The molecule has 1 aromatic heterocycles. The number of benzene rings is 1. The van der Waals surface area contributed by atoms with Gasteiger partial charge in [0.15, 0.2) is 0 Å². The quantitative estimate of drug-likeness (QED) is 0.836. The van der Waals surface area contributed by atoms with Crippen molar-refractivity contribution in [1.29, 1.82) is 0 Å². The van der Waals surface area contributed by atoms with Crippen LogP contribution in [0.2, 0.25) is 0 Å². The van der Waals surface area contributed by atoms with Gasteiger partial charge in [-0.3, -0.25) is 4.79 Å². The van der Waals surface area contributed by atoms with Gasteiger partial charge in [0.05, 0.1) is 22.1 Å². The van der Waals surface area contributed by atoms with Crippen molar-refractivity contribution in [3.05, 3.63) is 45.4 Å². The Hall–Kier alpha value is -1.96. The number of aryl methyl sites for hydroxylation is 1. The number of hydrogen-bond donors (Lipinski definition) is 2. The summed E-state index contributed by atoms with van der Waals surface area (Å²) in [5.74, 6) is 0.598. The molecule has 0 amide bonds. The summed E-state index contributed by atoms with van der Waals surface area (Å²) < 4.78 is 12.1. The highest BCUT2D eigenvalue weighted by atomic mass is 16.7. The maximum absolute atomic E-state index is 12.1. The second kappa shape index (κ2) is 6.09. The molecule has 0 radical (unpaired) electrons. The lowest BCUT2D eigenvalue weighted by Gasteiger charge is -2.32. The summed E-state index contributed by atoms with van der Waals surface area (Å²) in [5, 5.41) is 0.546. The van der Waals surface area contributed by atoms with Crippen molar-refractivity contribution in [3.8, 4) is 0 Å². The van der Waals surface area contributed by atoms with E-state index in [1.54, 1.807) is 6.92 Å². The molecule has 0 aliphatic carbocycles. The second-order valence-electron chi connectivity index (χ2n) is 7.44. The van der Waals surface area contributed by atoms with Gasteiger partial charge in [-0.05, 0) is 57.8 Å². The molecule has 1 aliphatic heterocycles. The van der Waals surface area contributed by atoms with Gasteiger partial charge < -0.3 is 20.0 Å². The van der Waals surface area contributed by atoms with Gasteiger partial charge in [0.1, 0.15) is 5.82 Å². The Labute approximate surface area is 147 Å². The van der Waals surface area contributed by atoms with Crippen LogP contribution in [0.5, 0.6) is 0 Å². The summed E-state index contributed by atoms with van der Waals surface area (Å²) >= 11 is 0. The normalized spacial score (nSPS) is 19.6. The van der Waals surface area contributed by atoms with E-state index >= 15 is 0 Å². The number of aromatic nitrogens is 2. The number of aromatic amines is 1. The number of nitrogens with one attached hydrogen (secondary N) is 1. The zero-order valence-electron chi connectivity index (χ0n) is 15.3. The Bertz CT molecular complexity index is 886. The summed E-state index contributed by atoms with van der Waals surface area (Å²) in [4.78, 5) is 19.2. The van der Waals surface area contributed by atoms with Gasteiger partial charge in [-0.2, -0.15) is 0 Å². The van der Waals surface area contributed by atoms with Crippen LogP contribution in [0, 0.1) is 6.92 Å². The molecule has 0 unspecified atom stereocenters. The molecular formula is C18H24BN3O3. The van der Waals surface area contributed by atoms with Crippen molar-refractivity contribution in [1.82, 2.24) is 9.97 Å². The van der Waals surface area contributed by atoms with Gasteiger partial charge >= 0.3 is 7.12 Å². The molecule has 1 saturated heterocycles. The van der Waals surface area contributed by atoms with Crippen molar-refractivity contribution in [2.24, 2.45) is 5.73 Å². The Morgan fingerprint density at radius 1 is 1.28 bits per heavy atom. The Morgan fingerprint density at radius 2 is 1.92 bits per heavy atom. The van der Waals surface area contributed by atoms with Crippen LogP contribution < -0.4 is 11.3 Å². The molecule has 1 aromatic carbocycles. The number of hydrogen-bond acceptors (Lipinski definition) is 5. The Balaban J connectivity index is 1.98. The summed E-state index contributed by atoms with van der Waals surface area (Å²) in [7, 11) is -0.500. The highest BCUT2D eigenvalue weighted by Gasteiger charge is 2.52. The van der Waals surface area contributed by atoms with E-state index in [0.717, 1.165) is 11.0 Å².